The number of nitrogens with zero attached hydrogens (tertiary/aromatic N) is 3. The number of amides is 2. The second kappa shape index (κ2) is 16.4. The van der Waals surface area contributed by atoms with Crippen LogP contribution in [-0.2, 0) is 32.0 Å². The Morgan fingerprint density at radius 1 is 0.694 bits per heavy atom. The Bertz CT molecular complexity index is 1880. The molecule has 0 spiro atoms. The molecule has 0 aliphatic carbocycles. The van der Waals surface area contributed by atoms with Gasteiger partial charge < -0.3 is 31.6 Å². The van der Waals surface area contributed by atoms with Crippen LogP contribution in [0.5, 0.6) is 0 Å². The number of rotatable bonds is 14. The van der Waals surface area contributed by atoms with Crippen molar-refractivity contribution in [3.8, 4) is 22.5 Å². The number of primary amides is 2. The standard InChI is InChI=1S/C36H35N7O6/c37-35(46)48-31(44)19-20-39-29-17-13-27(14-18-29)33-32(41-42-43(33)23-25-9-5-2-6-10-25)26-11-15-30(16-12-26)40-22-28(34(45)49-36(38)47)21-24-7-3-1-4-8-24/h1-18,28,39-40H,19-23H2,(H2,37,46)(H2,38,47)/t28-/m0/s1. The lowest BCUT2D eigenvalue weighted by Crippen LogP contribution is -2.30. The summed E-state index contributed by atoms with van der Waals surface area (Å²) in [7, 11) is 0. The lowest BCUT2D eigenvalue weighted by Gasteiger charge is -2.16. The van der Waals surface area contributed by atoms with Gasteiger partial charge in [-0.15, -0.1) is 5.10 Å². The first kappa shape index (κ1) is 33.9. The van der Waals surface area contributed by atoms with Gasteiger partial charge in [0.05, 0.1) is 24.6 Å². The first-order valence-electron chi connectivity index (χ1n) is 15.5. The quantitative estimate of drug-likeness (QED) is 0.0932. The summed E-state index contributed by atoms with van der Waals surface area (Å²) in [5.41, 5.74) is 16.7. The second-order valence-corrected chi connectivity index (χ2v) is 11.1. The number of benzene rings is 4. The Hall–Kier alpha value is -6.50. The molecule has 0 unspecified atom stereocenters. The number of nitrogens with one attached hydrogen (secondary N) is 2. The van der Waals surface area contributed by atoms with Crippen LogP contribution in [0.2, 0.25) is 0 Å². The highest BCUT2D eigenvalue weighted by atomic mass is 16.6. The summed E-state index contributed by atoms with van der Waals surface area (Å²) in [6.45, 7) is 0.963. The smallest absolute Gasteiger partial charge is 0.384 e. The van der Waals surface area contributed by atoms with Crippen molar-refractivity contribution in [2.24, 2.45) is 17.4 Å². The Morgan fingerprint density at radius 3 is 1.88 bits per heavy atom. The van der Waals surface area contributed by atoms with Gasteiger partial charge in [-0.2, -0.15) is 0 Å². The molecular formula is C36H35N7O6. The molecule has 1 heterocycles. The molecule has 13 heteroatoms. The van der Waals surface area contributed by atoms with Crippen molar-refractivity contribution in [3.63, 3.8) is 0 Å². The van der Waals surface area contributed by atoms with Crippen LogP contribution in [0, 0.1) is 5.92 Å². The van der Waals surface area contributed by atoms with E-state index in [0.717, 1.165) is 39.3 Å². The minimum Gasteiger partial charge on any atom is -0.384 e. The van der Waals surface area contributed by atoms with Gasteiger partial charge in [0, 0.05) is 35.6 Å². The normalized spacial score (nSPS) is 11.3. The summed E-state index contributed by atoms with van der Waals surface area (Å²) in [6.07, 6.45) is -1.94. The van der Waals surface area contributed by atoms with E-state index in [1.807, 2.05) is 114 Å². The van der Waals surface area contributed by atoms with E-state index in [0.29, 0.717) is 18.7 Å². The number of esters is 2. The highest BCUT2D eigenvalue weighted by molar-refractivity contribution is 5.86. The average molecular weight is 662 g/mol. The van der Waals surface area contributed by atoms with Crippen molar-refractivity contribution in [2.45, 2.75) is 19.4 Å². The molecule has 1 aromatic heterocycles. The third-order valence-electron chi connectivity index (χ3n) is 7.51. The van der Waals surface area contributed by atoms with Crippen LogP contribution in [0.4, 0.5) is 21.0 Å². The molecule has 0 fully saturated rings. The van der Waals surface area contributed by atoms with Gasteiger partial charge in [-0.25, -0.2) is 14.3 Å². The largest absolute Gasteiger partial charge is 0.412 e. The third-order valence-corrected chi connectivity index (χ3v) is 7.51. The van der Waals surface area contributed by atoms with Gasteiger partial charge in [0.1, 0.15) is 5.69 Å². The number of hydrogen-bond acceptors (Lipinski definition) is 10. The number of carbonyl (C=O) groups excluding carboxylic acids is 4. The molecule has 6 N–H and O–H groups in total. The molecule has 0 aliphatic rings. The van der Waals surface area contributed by atoms with Gasteiger partial charge in [-0.1, -0.05) is 90.1 Å². The molecule has 250 valence electrons. The number of aromatic nitrogens is 3. The minimum atomic E-state index is -1.14. The molecule has 2 amide bonds. The number of hydrogen-bond donors (Lipinski definition) is 4. The first-order valence-corrected chi connectivity index (χ1v) is 15.5. The molecule has 5 aromatic rings. The molecule has 1 atom stereocenters. The maximum absolute atomic E-state index is 12.6. The molecule has 0 bridgehead atoms. The van der Waals surface area contributed by atoms with Crippen LogP contribution in [0.25, 0.3) is 22.5 Å². The zero-order chi connectivity index (χ0) is 34.6. The van der Waals surface area contributed by atoms with Crippen molar-refractivity contribution >= 4 is 35.5 Å². The Morgan fingerprint density at radius 2 is 1.27 bits per heavy atom. The van der Waals surface area contributed by atoms with E-state index in [1.54, 1.807) is 0 Å². The molecular weight excluding hydrogens is 626 g/mol. The predicted octanol–water partition coefficient (Wildman–Crippen LogP) is 4.98. The average Bonchev–Trinajstić information content (AvgIpc) is 3.50. The van der Waals surface area contributed by atoms with Crippen molar-refractivity contribution < 1.29 is 28.7 Å². The van der Waals surface area contributed by atoms with E-state index in [2.05, 4.69) is 25.7 Å². The van der Waals surface area contributed by atoms with Gasteiger partial charge in [0.25, 0.3) is 0 Å². The fourth-order valence-electron chi connectivity index (χ4n) is 5.19. The number of ether oxygens (including phenoxy) is 2. The van der Waals surface area contributed by atoms with E-state index in [4.69, 9.17) is 16.2 Å². The zero-order valence-corrected chi connectivity index (χ0v) is 26.5. The molecule has 0 saturated heterocycles. The maximum atomic E-state index is 12.6. The molecule has 5 rings (SSSR count). The number of anilines is 2. The molecule has 0 radical (unpaired) electrons. The highest BCUT2D eigenvalue weighted by Gasteiger charge is 2.23. The number of nitrogens with two attached hydrogens (primary N) is 2. The molecule has 49 heavy (non-hydrogen) atoms. The summed E-state index contributed by atoms with van der Waals surface area (Å²) in [4.78, 5) is 46.3. The summed E-state index contributed by atoms with van der Waals surface area (Å²) in [5, 5.41) is 15.5. The molecule has 0 aliphatic heterocycles. The molecule has 0 saturated carbocycles. The van der Waals surface area contributed by atoms with Crippen LogP contribution < -0.4 is 22.1 Å². The maximum Gasteiger partial charge on any atom is 0.412 e. The first-order chi connectivity index (χ1) is 23.7. The minimum absolute atomic E-state index is 0.0292. The summed E-state index contributed by atoms with van der Waals surface area (Å²) in [6, 6.07) is 34.6. The Balaban J connectivity index is 1.34. The van der Waals surface area contributed by atoms with Gasteiger partial charge in [-0.3, -0.25) is 9.59 Å². The van der Waals surface area contributed by atoms with Crippen molar-refractivity contribution in [2.75, 3.05) is 23.7 Å². The summed E-state index contributed by atoms with van der Waals surface area (Å²) >= 11 is 0. The topological polar surface area (TPSA) is 194 Å². The summed E-state index contributed by atoms with van der Waals surface area (Å²) in [5.74, 6) is -2.07. The van der Waals surface area contributed by atoms with Crippen LogP contribution in [-0.4, -0.2) is 52.2 Å². The zero-order valence-electron chi connectivity index (χ0n) is 26.5. The van der Waals surface area contributed by atoms with E-state index in [1.165, 1.54) is 0 Å². The fourth-order valence-corrected chi connectivity index (χ4v) is 5.19. The predicted molar refractivity (Wildman–Crippen MR) is 183 cm³/mol. The van der Waals surface area contributed by atoms with Crippen molar-refractivity contribution in [1.82, 2.24) is 15.0 Å². The lowest BCUT2D eigenvalue weighted by molar-refractivity contribution is -0.141. The summed E-state index contributed by atoms with van der Waals surface area (Å²) < 4.78 is 10.9. The van der Waals surface area contributed by atoms with E-state index in [-0.39, 0.29) is 19.5 Å². The van der Waals surface area contributed by atoms with Crippen LogP contribution in [0.3, 0.4) is 0 Å². The Labute approximate surface area is 282 Å². The van der Waals surface area contributed by atoms with Crippen LogP contribution in [0.15, 0.2) is 109 Å². The third kappa shape index (κ3) is 9.75. The van der Waals surface area contributed by atoms with Crippen LogP contribution >= 0.6 is 0 Å². The van der Waals surface area contributed by atoms with Gasteiger partial charge in [-0.05, 0) is 41.8 Å². The number of carbonyl (C=O) groups is 4. The van der Waals surface area contributed by atoms with E-state index >= 15 is 0 Å². The fraction of sp³-hybridized carbons (Fsp3) is 0.167. The molecule has 13 nitrogen and oxygen atoms in total. The monoisotopic (exact) mass is 661 g/mol. The second-order valence-electron chi connectivity index (χ2n) is 11.1. The van der Waals surface area contributed by atoms with Gasteiger partial charge >= 0.3 is 24.1 Å². The van der Waals surface area contributed by atoms with Crippen LogP contribution in [0.1, 0.15) is 17.5 Å². The van der Waals surface area contributed by atoms with Gasteiger partial charge in [0.2, 0.25) is 0 Å². The SMILES string of the molecule is NC(=O)OC(=O)CCNc1ccc(-c2c(-c3ccc(NC[C@H](Cc4ccccc4)C(=O)OC(N)=O)cc3)nnn2Cc2ccccc2)cc1. The lowest BCUT2D eigenvalue weighted by atomic mass is 9.99. The highest BCUT2D eigenvalue weighted by Crippen LogP contribution is 2.32. The van der Waals surface area contributed by atoms with Gasteiger partial charge in [0.15, 0.2) is 0 Å². The van der Waals surface area contributed by atoms with Crippen molar-refractivity contribution in [1.29, 1.82) is 0 Å². The Kier molecular flexibility index (Phi) is 11.3. The molecule has 4 aromatic carbocycles. The van der Waals surface area contributed by atoms with Crippen molar-refractivity contribution in [3.05, 3.63) is 120 Å². The van der Waals surface area contributed by atoms with E-state index in [9.17, 15) is 19.2 Å². The van der Waals surface area contributed by atoms with E-state index < -0.39 is 30.0 Å².